The van der Waals surface area contributed by atoms with Gasteiger partial charge >= 0.3 is 0 Å². The van der Waals surface area contributed by atoms with Crippen LogP contribution < -0.4 is 0 Å². The highest BCUT2D eigenvalue weighted by Crippen LogP contribution is 2.22. The number of carbonyl (C=O) groups excluding carboxylic acids is 2. The molecule has 2 fully saturated rings. The molecule has 7 heteroatoms. The fourth-order valence-corrected chi connectivity index (χ4v) is 3.36. The number of nitrogens with one attached hydrogen (secondary N) is 1. The highest BCUT2D eigenvalue weighted by Gasteiger charge is 2.31. The van der Waals surface area contributed by atoms with Crippen molar-refractivity contribution in [2.75, 3.05) is 19.6 Å². The summed E-state index contributed by atoms with van der Waals surface area (Å²) in [6.07, 6.45) is 4.50. The molecule has 2 aliphatic heterocycles. The summed E-state index contributed by atoms with van der Waals surface area (Å²) in [5, 5.41) is 6.84. The molecule has 0 spiro atoms. The van der Waals surface area contributed by atoms with Gasteiger partial charge in [-0.3, -0.25) is 14.7 Å². The molecule has 7 nitrogen and oxygen atoms in total. The Morgan fingerprint density at radius 3 is 2.68 bits per heavy atom. The SMILES string of the molecule is Cc1nc(CCC(=O)N2CCC(N3CCCC3=O)CC2)n[nH]1. The minimum atomic E-state index is 0.161. The lowest BCUT2D eigenvalue weighted by Crippen LogP contribution is -2.47. The molecule has 1 aromatic heterocycles. The number of likely N-dealkylation sites (tertiary alicyclic amines) is 2. The number of carbonyl (C=O) groups is 2. The summed E-state index contributed by atoms with van der Waals surface area (Å²) in [5.41, 5.74) is 0. The van der Waals surface area contributed by atoms with E-state index in [0.29, 0.717) is 31.1 Å². The zero-order valence-corrected chi connectivity index (χ0v) is 13.0. The van der Waals surface area contributed by atoms with Crippen LogP contribution in [0.15, 0.2) is 0 Å². The van der Waals surface area contributed by atoms with Crippen LogP contribution in [0, 0.1) is 6.92 Å². The van der Waals surface area contributed by atoms with E-state index in [0.717, 1.165) is 44.7 Å². The van der Waals surface area contributed by atoms with Crippen LogP contribution in [0.3, 0.4) is 0 Å². The van der Waals surface area contributed by atoms with E-state index in [-0.39, 0.29) is 11.8 Å². The van der Waals surface area contributed by atoms with Crippen molar-refractivity contribution in [1.29, 1.82) is 0 Å². The van der Waals surface area contributed by atoms with E-state index >= 15 is 0 Å². The smallest absolute Gasteiger partial charge is 0.223 e. The minimum absolute atomic E-state index is 0.161. The van der Waals surface area contributed by atoms with Gasteiger partial charge in [-0.1, -0.05) is 0 Å². The number of amides is 2. The Morgan fingerprint density at radius 1 is 1.32 bits per heavy atom. The maximum Gasteiger partial charge on any atom is 0.223 e. The number of nitrogens with zero attached hydrogens (tertiary/aromatic N) is 4. The Bertz CT molecular complexity index is 548. The number of hydrogen-bond acceptors (Lipinski definition) is 4. The molecule has 1 aromatic rings. The van der Waals surface area contributed by atoms with Gasteiger partial charge in [-0.15, -0.1) is 0 Å². The molecule has 22 heavy (non-hydrogen) atoms. The largest absolute Gasteiger partial charge is 0.343 e. The first-order valence-corrected chi connectivity index (χ1v) is 8.08. The fourth-order valence-electron chi connectivity index (χ4n) is 3.36. The molecular formula is C15H23N5O2. The van der Waals surface area contributed by atoms with Gasteiger partial charge in [-0.05, 0) is 26.2 Å². The van der Waals surface area contributed by atoms with Gasteiger partial charge in [0.2, 0.25) is 11.8 Å². The topological polar surface area (TPSA) is 82.2 Å². The lowest BCUT2D eigenvalue weighted by molar-refractivity contribution is -0.134. The summed E-state index contributed by atoms with van der Waals surface area (Å²) >= 11 is 0. The van der Waals surface area contributed by atoms with Crippen LogP contribution in [0.2, 0.25) is 0 Å². The summed E-state index contributed by atoms with van der Waals surface area (Å²) in [5.74, 6) is 1.92. The molecule has 2 saturated heterocycles. The van der Waals surface area contributed by atoms with E-state index in [1.54, 1.807) is 0 Å². The maximum atomic E-state index is 12.3. The Labute approximate surface area is 130 Å². The van der Waals surface area contributed by atoms with Crippen LogP contribution in [-0.4, -0.2) is 62.5 Å². The number of rotatable bonds is 4. The van der Waals surface area contributed by atoms with Gasteiger partial charge in [0.25, 0.3) is 0 Å². The van der Waals surface area contributed by atoms with Crippen LogP contribution in [-0.2, 0) is 16.0 Å². The van der Waals surface area contributed by atoms with Gasteiger partial charge in [0.05, 0.1) is 0 Å². The highest BCUT2D eigenvalue weighted by atomic mass is 16.2. The summed E-state index contributed by atoms with van der Waals surface area (Å²) < 4.78 is 0. The third kappa shape index (κ3) is 3.28. The number of piperidine rings is 1. The molecular weight excluding hydrogens is 282 g/mol. The van der Waals surface area contributed by atoms with Gasteiger partial charge in [-0.25, -0.2) is 4.98 Å². The third-order valence-corrected chi connectivity index (χ3v) is 4.57. The average molecular weight is 305 g/mol. The third-order valence-electron chi connectivity index (χ3n) is 4.57. The van der Waals surface area contributed by atoms with Crippen LogP contribution in [0.4, 0.5) is 0 Å². The standard InChI is InChI=1S/C15H23N5O2/c1-11-16-13(18-17-11)4-5-14(21)19-9-6-12(7-10-19)20-8-2-3-15(20)22/h12H,2-10H2,1H3,(H,16,17,18). The summed E-state index contributed by atoms with van der Waals surface area (Å²) in [6, 6.07) is 0.328. The van der Waals surface area contributed by atoms with E-state index in [1.807, 2.05) is 16.7 Å². The van der Waals surface area contributed by atoms with Crippen molar-refractivity contribution in [3.8, 4) is 0 Å². The predicted octanol–water partition coefficient (Wildman–Crippen LogP) is 0.659. The molecule has 0 aromatic carbocycles. The van der Waals surface area contributed by atoms with E-state index in [2.05, 4.69) is 15.2 Å². The van der Waals surface area contributed by atoms with E-state index < -0.39 is 0 Å². The second-order valence-corrected chi connectivity index (χ2v) is 6.14. The van der Waals surface area contributed by atoms with Crippen molar-refractivity contribution in [3.63, 3.8) is 0 Å². The first kappa shape index (κ1) is 15.0. The molecule has 0 atom stereocenters. The van der Waals surface area contributed by atoms with E-state index in [9.17, 15) is 9.59 Å². The number of H-pyrrole nitrogens is 1. The minimum Gasteiger partial charge on any atom is -0.343 e. The lowest BCUT2D eigenvalue weighted by atomic mass is 10.0. The number of aryl methyl sites for hydroxylation is 2. The molecule has 1 N–H and O–H groups in total. The van der Waals surface area contributed by atoms with Crippen molar-refractivity contribution >= 4 is 11.8 Å². The second kappa shape index (κ2) is 6.46. The molecule has 3 heterocycles. The molecule has 0 bridgehead atoms. The zero-order valence-electron chi connectivity index (χ0n) is 13.0. The predicted molar refractivity (Wildman–Crippen MR) is 80.0 cm³/mol. The summed E-state index contributed by atoms with van der Waals surface area (Å²) in [4.78, 5) is 32.2. The van der Waals surface area contributed by atoms with Crippen LogP contribution in [0.1, 0.15) is 43.8 Å². The van der Waals surface area contributed by atoms with Gasteiger partial charge in [0, 0.05) is 44.9 Å². The Morgan fingerprint density at radius 2 is 2.09 bits per heavy atom. The molecule has 3 rings (SSSR count). The van der Waals surface area contributed by atoms with Crippen LogP contribution >= 0.6 is 0 Å². The zero-order chi connectivity index (χ0) is 15.5. The number of hydrogen-bond donors (Lipinski definition) is 1. The Hall–Kier alpha value is -1.92. The van der Waals surface area contributed by atoms with Crippen LogP contribution in [0.25, 0.3) is 0 Å². The highest BCUT2D eigenvalue weighted by molar-refractivity contribution is 5.78. The Kier molecular flexibility index (Phi) is 4.40. The molecule has 2 aliphatic rings. The van der Waals surface area contributed by atoms with Crippen molar-refractivity contribution < 1.29 is 9.59 Å². The molecule has 0 aliphatic carbocycles. The summed E-state index contributed by atoms with van der Waals surface area (Å²) in [6.45, 7) is 4.24. The van der Waals surface area contributed by atoms with E-state index in [4.69, 9.17) is 0 Å². The summed E-state index contributed by atoms with van der Waals surface area (Å²) in [7, 11) is 0. The van der Waals surface area contributed by atoms with Gasteiger partial charge in [0.15, 0.2) is 5.82 Å². The van der Waals surface area contributed by atoms with Gasteiger partial charge < -0.3 is 9.80 Å². The Balaban J connectivity index is 1.44. The van der Waals surface area contributed by atoms with Crippen LogP contribution in [0.5, 0.6) is 0 Å². The molecule has 2 amide bonds. The number of aromatic amines is 1. The monoisotopic (exact) mass is 305 g/mol. The van der Waals surface area contributed by atoms with Crippen molar-refractivity contribution in [2.45, 2.75) is 51.5 Å². The second-order valence-electron chi connectivity index (χ2n) is 6.14. The number of aromatic nitrogens is 3. The molecule has 120 valence electrons. The first-order valence-electron chi connectivity index (χ1n) is 8.08. The lowest BCUT2D eigenvalue weighted by Gasteiger charge is -2.36. The fraction of sp³-hybridized carbons (Fsp3) is 0.733. The van der Waals surface area contributed by atoms with Crippen molar-refractivity contribution in [3.05, 3.63) is 11.6 Å². The average Bonchev–Trinajstić information content (AvgIpc) is 3.13. The van der Waals surface area contributed by atoms with E-state index in [1.165, 1.54) is 0 Å². The molecule has 0 unspecified atom stereocenters. The molecule has 0 radical (unpaired) electrons. The van der Waals surface area contributed by atoms with Crippen molar-refractivity contribution in [2.24, 2.45) is 0 Å². The first-order chi connectivity index (χ1) is 10.6. The van der Waals surface area contributed by atoms with Gasteiger partial charge in [-0.2, -0.15) is 5.10 Å². The normalized spacial score (nSPS) is 20.0. The van der Waals surface area contributed by atoms with Crippen molar-refractivity contribution in [1.82, 2.24) is 25.0 Å². The van der Waals surface area contributed by atoms with Gasteiger partial charge in [0.1, 0.15) is 5.82 Å². The maximum absolute atomic E-state index is 12.3. The quantitative estimate of drug-likeness (QED) is 0.886. The molecule has 0 saturated carbocycles.